The highest BCUT2D eigenvalue weighted by Gasteiger charge is 2.25. The topological polar surface area (TPSA) is 72.5 Å². The second-order valence-corrected chi connectivity index (χ2v) is 4.41. The summed E-state index contributed by atoms with van der Waals surface area (Å²) in [5, 5.41) is 9.75. The van der Waals surface area contributed by atoms with E-state index in [2.05, 4.69) is 0 Å². The number of ether oxygens (including phenoxy) is 1. The normalized spacial score (nSPS) is 14.4. The monoisotopic (exact) mass is 237 g/mol. The molecule has 1 aromatic rings. The Kier molecular flexibility index (Phi) is 5.12. The third-order valence-electron chi connectivity index (χ3n) is 2.33. The molecule has 0 bridgehead atoms. The average molecular weight is 237 g/mol. The molecule has 1 rings (SSSR count). The van der Waals surface area contributed by atoms with E-state index in [4.69, 9.17) is 10.5 Å². The van der Waals surface area contributed by atoms with Crippen LogP contribution >= 0.6 is 0 Å². The van der Waals surface area contributed by atoms with Gasteiger partial charge >= 0.3 is 5.97 Å². The summed E-state index contributed by atoms with van der Waals surface area (Å²) in [6.07, 6.45) is -1.32. The van der Waals surface area contributed by atoms with E-state index in [0.717, 1.165) is 0 Å². The zero-order valence-corrected chi connectivity index (χ0v) is 10.2. The molecule has 2 atom stereocenters. The lowest BCUT2D eigenvalue weighted by molar-refractivity contribution is -0.155. The van der Waals surface area contributed by atoms with Crippen molar-refractivity contribution < 1.29 is 14.6 Å². The van der Waals surface area contributed by atoms with Gasteiger partial charge < -0.3 is 15.6 Å². The van der Waals surface area contributed by atoms with E-state index in [1.54, 1.807) is 24.3 Å². The first-order valence-electron chi connectivity index (χ1n) is 5.67. The van der Waals surface area contributed by atoms with Crippen LogP contribution in [0.1, 0.15) is 25.5 Å². The number of rotatable bonds is 5. The third-order valence-corrected chi connectivity index (χ3v) is 2.33. The lowest BCUT2D eigenvalue weighted by atomic mass is 10.0. The molecule has 1 aromatic carbocycles. The minimum Gasteiger partial charge on any atom is -0.463 e. The standard InChI is InChI=1S/C13H19NO3/c1-9(2)8-17-13(16)12(15)11(14)10-6-4-3-5-7-10/h3-7,9,11-12,15H,8,14H2,1-2H3/t11-,12-/m0/s1. The Balaban J connectivity index is 2.57. The Morgan fingerprint density at radius 2 is 1.94 bits per heavy atom. The first-order valence-corrected chi connectivity index (χ1v) is 5.67. The molecule has 3 N–H and O–H groups in total. The minimum absolute atomic E-state index is 0.235. The lowest BCUT2D eigenvalue weighted by Gasteiger charge is -2.18. The molecule has 0 aliphatic heterocycles. The van der Waals surface area contributed by atoms with Gasteiger partial charge in [0.05, 0.1) is 12.6 Å². The second-order valence-electron chi connectivity index (χ2n) is 4.41. The first-order chi connectivity index (χ1) is 8.02. The molecule has 0 unspecified atom stereocenters. The maximum absolute atomic E-state index is 11.5. The Bertz CT molecular complexity index is 351. The molecule has 4 heteroatoms. The number of hydrogen-bond donors (Lipinski definition) is 2. The van der Waals surface area contributed by atoms with Crippen molar-refractivity contribution in [2.75, 3.05) is 6.61 Å². The van der Waals surface area contributed by atoms with Crippen molar-refractivity contribution in [3.63, 3.8) is 0 Å². The van der Waals surface area contributed by atoms with Crippen molar-refractivity contribution in [3.05, 3.63) is 35.9 Å². The van der Waals surface area contributed by atoms with Crippen LogP contribution in [0, 0.1) is 5.92 Å². The van der Waals surface area contributed by atoms with Crippen LogP contribution in [0.15, 0.2) is 30.3 Å². The molecule has 0 spiro atoms. The van der Waals surface area contributed by atoms with E-state index < -0.39 is 18.1 Å². The van der Waals surface area contributed by atoms with Gasteiger partial charge in [-0.15, -0.1) is 0 Å². The number of esters is 1. The fourth-order valence-corrected chi connectivity index (χ4v) is 1.34. The maximum Gasteiger partial charge on any atom is 0.336 e. The van der Waals surface area contributed by atoms with E-state index in [1.807, 2.05) is 19.9 Å². The van der Waals surface area contributed by atoms with Crippen LogP contribution in [0.2, 0.25) is 0 Å². The van der Waals surface area contributed by atoms with Crippen LogP contribution in [-0.2, 0) is 9.53 Å². The molecule has 0 saturated carbocycles. The number of carbonyl (C=O) groups is 1. The Labute approximate surface area is 101 Å². The summed E-state index contributed by atoms with van der Waals surface area (Å²) in [5.41, 5.74) is 6.50. The minimum atomic E-state index is -1.32. The first kappa shape index (κ1) is 13.7. The van der Waals surface area contributed by atoms with Gasteiger partial charge in [-0.1, -0.05) is 44.2 Å². The van der Waals surface area contributed by atoms with Gasteiger partial charge in [-0.3, -0.25) is 0 Å². The zero-order chi connectivity index (χ0) is 12.8. The molecule has 0 amide bonds. The number of nitrogens with two attached hydrogens (primary N) is 1. The highest BCUT2D eigenvalue weighted by Crippen LogP contribution is 2.14. The number of benzene rings is 1. The molecule has 17 heavy (non-hydrogen) atoms. The van der Waals surface area contributed by atoms with Gasteiger partial charge in [-0.2, -0.15) is 0 Å². The van der Waals surface area contributed by atoms with Crippen LogP contribution in [-0.4, -0.2) is 23.8 Å². The molecule has 4 nitrogen and oxygen atoms in total. The molecule has 0 heterocycles. The van der Waals surface area contributed by atoms with Gasteiger partial charge in [0.15, 0.2) is 6.10 Å². The molecular formula is C13H19NO3. The fourth-order valence-electron chi connectivity index (χ4n) is 1.34. The quantitative estimate of drug-likeness (QED) is 0.756. The third kappa shape index (κ3) is 4.17. The number of hydrogen-bond acceptors (Lipinski definition) is 4. The zero-order valence-electron chi connectivity index (χ0n) is 10.2. The van der Waals surface area contributed by atoms with E-state index >= 15 is 0 Å². The molecule has 0 aromatic heterocycles. The SMILES string of the molecule is CC(C)COC(=O)[C@@H](O)[C@@H](N)c1ccccc1. The predicted octanol–water partition coefficient (Wildman–Crippen LogP) is 1.25. The van der Waals surface area contributed by atoms with Gasteiger partial charge in [0.25, 0.3) is 0 Å². The van der Waals surface area contributed by atoms with Crippen molar-refractivity contribution in [1.82, 2.24) is 0 Å². The Hall–Kier alpha value is -1.39. The summed E-state index contributed by atoms with van der Waals surface area (Å²) < 4.78 is 4.94. The summed E-state index contributed by atoms with van der Waals surface area (Å²) in [6.45, 7) is 4.14. The molecule has 0 fully saturated rings. The van der Waals surface area contributed by atoms with E-state index in [0.29, 0.717) is 5.56 Å². The average Bonchev–Trinajstić information content (AvgIpc) is 2.35. The summed E-state index contributed by atoms with van der Waals surface area (Å²) in [5.74, 6) is -0.436. The molecule has 0 aliphatic carbocycles. The largest absolute Gasteiger partial charge is 0.463 e. The molecule has 0 aliphatic rings. The van der Waals surface area contributed by atoms with E-state index in [-0.39, 0.29) is 12.5 Å². The van der Waals surface area contributed by atoms with Crippen molar-refractivity contribution in [2.24, 2.45) is 11.7 Å². The highest BCUT2D eigenvalue weighted by molar-refractivity contribution is 5.75. The second kappa shape index (κ2) is 6.37. The predicted molar refractivity (Wildman–Crippen MR) is 65.2 cm³/mol. The Morgan fingerprint density at radius 1 is 1.35 bits per heavy atom. The molecular weight excluding hydrogens is 218 g/mol. The summed E-state index contributed by atoms with van der Waals surface area (Å²) >= 11 is 0. The van der Waals surface area contributed by atoms with Crippen molar-refractivity contribution in [3.8, 4) is 0 Å². The highest BCUT2D eigenvalue weighted by atomic mass is 16.5. The van der Waals surface area contributed by atoms with Gasteiger partial charge in [0.2, 0.25) is 0 Å². The maximum atomic E-state index is 11.5. The van der Waals surface area contributed by atoms with Gasteiger partial charge in [-0.05, 0) is 11.5 Å². The van der Waals surface area contributed by atoms with E-state index in [9.17, 15) is 9.90 Å². The van der Waals surface area contributed by atoms with Gasteiger partial charge in [-0.25, -0.2) is 4.79 Å². The van der Waals surface area contributed by atoms with Gasteiger partial charge in [0, 0.05) is 0 Å². The van der Waals surface area contributed by atoms with E-state index in [1.165, 1.54) is 0 Å². The smallest absolute Gasteiger partial charge is 0.336 e. The van der Waals surface area contributed by atoms with Crippen LogP contribution in [0.3, 0.4) is 0 Å². The van der Waals surface area contributed by atoms with Gasteiger partial charge in [0.1, 0.15) is 0 Å². The number of carbonyl (C=O) groups excluding carboxylic acids is 1. The van der Waals surface area contributed by atoms with Crippen molar-refractivity contribution >= 4 is 5.97 Å². The van der Waals surface area contributed by atoms with Crippen molar-refractivity contribution in [2.45, 2.75) is 26.0 Å². The number of aliphatic hydroxyl groups excluding tert-OH is 1. The van der Waals surface area contributed by atoms with Crippen LogP contribution in [0.4, 0.5) is 0 Å². The molecule has 0 saturated heterocycles. The van der Waals surface area contributed by atoms with Crippen LogP contribution in [0.25, 0.3) is 0 Å². The summed E-state index contributed by atoms with van der Waals surface area (Å²) in [7, 11) is 0. The summed E-state index contributed by atoms with van der Waals surface area (Å²) in [4.78, 5) is 11.5. The molecule has 94 valence electrons. The summed E-state index contributed by atoms with van der Waals surface area (Å²) in [6, 6.07) is 8.24. The molecule has 0 radical (unpaired) electrons. The van der Waals surface area contributed by atoms with Crippen LogP contribution < -0.4 is 5.73 Å². The van der Waals surface area contributed by atoms with Crippen molar-refractivity contribution in [1.29, 1.82) is 0 Å². The van der Waals surface area contributed by atoms with Crippen LogP contribution in [0.5, 0.6) is 0 Å². The lowest BCUT2D eigenvalue weighted by Crippen LogP contribution is -2.35. The fraction of sp³-hybridized carbons (Fsp3) is 0.462. The number of aliphatic hydroxyl groups is 1. The Morgan fingerprint density at radius 3 is 2.47 bits per heavy atom.